The average molecular weight is 274 g/mol. The summed E-state index contributed by atoms with van der Waals surface area (Å²) in [6, 6.07) is 2.35. The number of benzene rings is 1. The van der Waals surface area contributed by atoms with E-state index < -0.39 is 23.3 Å². The van der Waals surface area contributed by atoms with Gasteiger partial charge in [-0.25, -0.2) is 4.79 Å². The van der Waals surface area contributed by atoms with Crippen molar-refractivity contribution in [3.63, 3.8) is 0 Å². The number of hydrogen-bond donors (Lipinski definition) is 1. The highest BCUT2D eigenvalue weighted by molar-refractivity contribution is 5.83. The van der Waals surface area contributed by atoms with Crippen LogP contribution in [0.2, 0.25) is 0 Å². The zero-order valence-corrected chi connectivity index (χ0v) is 9.53. The maximum Gasteiger partial charge on any atom is 0.416 e. The monoisotopic (exact) mass is 274 g/mol. The minimum Gasteiger partial charge on any atom is -0.478 e. The molecule has 4 nitrogen and oxygen atoms in total. The Morgan fingerprint density at radius 1 is 1.37 bits per heavy atom. The smallest absolute Gasteiger partial charge is 0.416 e. The lowest BCUT2D eigenvalue weighted by atomic mass is 10.1. The molecule has 0 aromatic heterocycles. The molecule has 0 saturated heterocycles. The van der Waals surface area contributed by atoms with Gasteiger partial charge in [0.1, 0.15) is 5.75 Å². The van der Waals surface area contributed by atoms with Crippen LogP contribution in [0.1, 0.15) is 28.8 Å². The van der Waals surface area contributed by atoms with Crippen LogP contribution in [0, 0.1) is 0 Å². The molecule has 0 bridgehead atoms. The normalized spacial score (nSPS) is 16.8. The lowest BCUT2D eigenvalue weighted by Crippen LogP contribution is -2.29. The highest BCUT2D eigenvalue weighted by Crippen LogP contribution is 2.42. The molecule has 0 aliphatic heterocycles. The van der Waals surface area contributed by atoms with Crippen LogP contribution >= 0.6 is 0 Å². The Balaban J connectivity index is 2.37. The first kappa shape index (κ1) is 13.4. The Kier molecular flexibility index (Phi) is 3.00. The molecule has 1 saturated carbocycles. The lowest BCUT2D eigenvalue weighted by Gasteiger charge is -2.16. The van der Waals surface area contributed by atoms with Crippen LogP contribution in [0.4, 0.5) is 13.2 Å². The van der Waals surface area contributed by atoms with Gasteiger partial charge in [-0.15, -0.1) is 0 Å². The maximum absolute atomic E-state index is 12.6. The summed E-state index contributed by atoms with van der Waals surface area (Å²) >= 11 is 0. The summed E-state index contributed by atoms with van der Waals surface area (Å²) in [5.41, 5.74) is -2.60. The number of hydrogen-bond acceptors (Lipinski definition) is 3. The van der Waals surface area contributed by atoms with Crippen molar-refractivity contribution >= 4 is 12.3 Å². The molecular weight excluding hydrogens is 265 g/mol. The topological polar surface area (TPSA) is 63.6 Å². The van der Waals surface area contributed by atoms with E-state index in [9.17, 15) is 22.8 Å². The number of rotatable bonds is 4. The fraction of sp³-hybridized carbons (Fsp3) is 0.333. The van der Waals surface area contributed by atoms with Gasteiger partial charge in [0.2, 0.25) is 5.60 Å². The van der Waals surface area contributed by atoms with Crippen LogP contribution in [-0.2, 0) is 11.0 Å². The summed E-state index contributed by atoms with van der Waals surface area (Å²) in [7, 11) is 0. The van der Waals surface area contributed by atoms with Gasteiger partial charge in [0.25, 0.3) is 0 Å². The van der Waals surface area contributed by atoms with Crippen LogP contribution in [0.5, 0.6) is 5.75 Å². The van der Waals surface area contributed by atoms with Crippen molar-refractivity contribution in [1.82, 2.24) is 0 Å². The van der Waals surface area contributed by atoms with E-state index in [1.165, 1.54) is 0 Å². The summed E-state index contributed by atoms with van der Waals surface area (Å²) < 4.78 is 42.8. The molecule has 7 heteroatoms. The van der Waals surface area contributed by atoms with E-state index in [1.54, 1.807) is 0 Å². The molecule has 102 valence electrons. The second kappa shape index (κ2) is 4.25. The van der Waals surface area contributed by atoms with Crippen LogP contribution in [0.25, 0.3) is 0 Å². The van der Waals surface area contributed by atoms with Gasteiger partial charge in [0.05, 0.1) is 11.1 Å². The van der Waals surface area contributed by atoms with Gasteiger partial charge in [-0.2, -0.15) is 13.2 Å². The van der Waals surface area contributed by atoms with Crippen LogP contribution in [0.15, 0.2) is 18.2 Å². The molecule has 0 atom stereocenters. The fourth-order valence-electron chi connectivity index (χ4n) is 1.58. The minimum absolute atomic E-state index is 0.111. The SMILES string of the molecule is O=Cc1ccc(C(F)(F)F)cc1OC1(C(=O)O)CC1. The Morgan fingerprint density at radius 2 is 2.00 bits per heavy atom. The number of carbonyl (C=O) groups excluding carboxylic acids is 1. The summed E-state index contributed by atoms with van der Waals surface area (Å²) in [5, 5.41) is 8.92. The van der Waals surface area contributed by atoms with Gasteiger partial charge in [-0.3, -0.25) is 4.79 Å². The van der Waals surface area contributed by atoms with Crippen molar-refractivity contribution < 1.29 is 32.6 Å². The van der Waals surface area contributed by atoms with E-state index in [1.807, 2.05) is 0 Å². The highest BCUT2D eigenvalue weighted by atomic mass is 19.4. The Hall–Kier alpha value is -2.05. The van der Waals surface area contributed by atoms with Crippen LogP contribution in [0.3, 0.4) is 0 Å². The molecule has 2 rings (SSSR count). The number of carbonyl (C=O) groups is 2. The predicted molar refractivity (Wildman–Crippen MR) is 57.1 cm³/mol. The van der Waals surface area contributed by atoms with E-state index in [0.717, 1.165) is 12.1 Å². The number of carboxylic acid groups (broad SMARTS) is 1. The molecule has 1 aliphatic carbocycles. The van der Waals surface area contributed by atoms with Gasteiger partial charge < -0.3 is 9.84 Å². The van der Waals surface area contributed by atoms with E-state index in [-0.39, 0.29) is 24.2 Å². The third-order valence-electron chi connectivity index (χ3n) is 2.87. The molecule has 0 spiro atoms. The molecule has 0 radical (unpaired) electrons. The number of halogens is 3. The third kappa shape index (κ3) is 2.54. The third-order valence-corrected chi connectivity index (χ3v) is 2.87. The zero-order chi connectivity index (χ0) is 14.3. The standard InChI is InChI=1S/C12H9F3O4/c13-12(14,15)8-2-1-7(6-16)9(5-8)19-11(3-4-11)10(17)18/h1-2,5-6H,3-4H2,(H,17,18). The molecule has 1 N–H and O–H groups in total. The number of aldehydes is 1. The minimum atomic E-state index is -4.58. The first-order valence-electron chi connectivity index (χ1n) is 5.37. The van der Waals surface area contributed by atoms with Crippen LogP contribution < -0.4 is 4.74 Å². The second-order valence-corrected chi connectivity index (χ2v) is 4.27. The highest BCUT2D eigenvalue weighted by Gasteiger charge is 2.54. The molecular formula is C12H9F3O4. The zero-order valence-electron chi connectivity index (χ0n) is 9.53. The molecule has 1 aromatic carbocycles. The first-order valence-corrected chi connectivity index (χ1v) is 5.37. The predicted octanol–water partition coefficient (Wildman–Crippen LogP) is 2.51. The van der Waals surface area contributed by atoms with Gasteiger partial charge >= 0.3 is 12.1 Å². The van der Waals surface area contributed by atoms with E-state index in [2.05, 4.69) is 0 Å². The Morgan fingerprint density at radius 3 is 2.42 bits per heavy atom. The summed E-state index contributed by atoms with van der Waals surface area (Å²) in [5.74, 6) is -1.61. The van der Waals surface area contributed by atoms with Crippen molar-refractivity contribution in [2.75, 3.05) is 0 Å². The molecule has 0 heterocycles. The van der Waals surface area contributed by atoms with Crippen molar-refractivity contribution in [2.24, 2.45) is 0 Å². The maximum atomic E-state index is 12.6. The Labute approximate surface area is 105 Å². The lowest BCUT2D eigenvalue weighted by molar-refractivity contribution is -0.147. The number of ether oxygens (including phenoxy) is 1. The van der Waals surface area contributed by atoms with Crippen LogP contribution in [-0.4, -0.2) is 23.0 Å². The number of carboxylic acids is 1. The van der Waals surface area contributed by atoms with E-state index in [0.29, 0.717) is 12.4 Å². The Bertz CT molecular complexity index is 532. The van der Waals surface area contributed by atoms with Crippen molar-refractivity contribution in [1.29, 1.82) is 0 Å². The first-order chi connectivity index (χ1) is 8.78. The molecule has 0 amide bonds. The fourth-order valence-corrected chi connectivity index (χ4v) is 1.58. The number of alkyl halides is 3. The largest absolute Gasteiger partial charge is 0.478 e. The summed E-state index contributed by atoms with van der Waals surface area (Å²) in [6.07, 6.45) is -3.85. The summed E-state index contributed by atoms with van der Waals surface area (Å²) in [4.78, 5) is 21.7. The van der Waals surface area contributed by atoms with E-state index in [4.69, 9.17) is 9.84 Å². The molecule has 19 heavy (non-hydrogen) atoms. The molecule has 1 aromatic rings. The van der Waals surface area contributed by atoms with Gasteiger partial charge in [0.15, 0.2) is 6.29 Å². The van der Waals surface area contributed by atoms with Crippen molar-refractivity contribution in [2.45, 2.75) is 24.6 Å². The van der Waals surface area contributed by atoms with Gasteiger partial charge in [0, 0.05) is 12.8 Å². The average Bonchev–Trinajstić information content (AvgIpc) is 3.09. The van der Waals surface area contributed by atoms with Gasteiger partial charge in [-0.05, 0) is 18.2 Å². The summed E-state index contributed by atoms with van der Waals surface area (Å²) in [6.45, 7) is 0. The van der Waals surface area contributed by atoms with Gasteiger partial charge in [-0.1, -0.05) is 0 Å². The molecule has 1 aliphatic rings. The number of aliphatic carboxylic acids is 1. The van der Waals surface area contributed by atoms with Crippen molar-refractivity contribution in [3.05, 3.63) is 29.3 Å². The van der Waals surface area contributed by atoms with Crippen molar-refractivity contribution in [3.8, 4) is 5.75 Å². The quantitative estimate of drug-likeness (QED) is 0.857. The molecule has 1 fully saturated rings. The molecule has 0 unspecified atom stereocenters. The van der Waals surface area contributed by atoms with E-state index >= 15 is 0 Å². The second-order valence-electron chi connectivity index (χ2n) is 4.27.